The minimum Gasteiger partial charge on any atom is -0.287 e. The van der Waals surface area contributed by atoms with Crippen LogP contribution in [0.2, 0.25) is 0 Å². The van der Waals surface area contributed by atoms with E-state index in [1.54, 1.807) is 16.7 Å². The second-order valence-corrected chi connectivity index (χ2v) is 7.23. The van der Waals surface area contributed by atoms with Crippen LogP contribution in [0.15, 0.2) is 64.1 Å². The molecule has 1 heterocycles. The Kier molecular flexibility index (Phi) is 5.51. The lowest BCUT2D eigenvalue weighted by Gasteiger charge is -2.28. The van der Waals surface area contributed by atoms with Gasteiger partial charge in [-0.05, 0) is 36.2 Å². The summed E-state index contributed by atoms with van der Waals surface area (Å²) in [6.45, 7) is 1.34. The largest absolute Gasteiger partial charge is 0.287 e. The number of amidine groups is 1. The highest BCUT2D eigenvalue weighted by Crippen LogP contribution is 2.21. The molecule has 5 heteroatoms. The summed E-state index contributed by atoms with van der Waals surface area (Å²) in [5.74, 6) is 1.04. The summed E-state index contributed by atoms with van der Waals surface area (Å²) >= 11 is 5.06. The van der Waals surface area contributed by atoms with Crippen molar-refractivity contribution in [2.24, 2.45) is 4.99 Å². The summed E-state index contributed by atoms with van der Waals surface area (Å²) in [5.41, 5.74) is 1.85. The van der Waals surface area contributed by atoms with Crippen LogP contribution in [0.25, 0.3) is 0 Å². The summed E-state index contributed by atoms with van der Waals surface area (Å²) in [5, 5.41) is 0.827. The number of rotatable bonds is 3. The number of aliphatic imine (C=N–C) groups is 1. The zero-order valence-corrected chi connectivity index (χ0v) is 15.0. The number of carbonyl (C=O) groups is 1. The molecule has 0 radical (unpaired) electrons. The highest BCUT2D eigenvalue weighted by molar-refractivity contribution is 9.10. The number of carbonyl (C=O) groups excluding carboxylic acids is 1. The van der Waals surface area contributed by atoms with Gasteiger partial charge in [-0.25, -0.2) is 0 Å². The Morgan fingerprint density at radius 3 is 2.61 bits per heavy atom. The van der Waals surface area contributed by atoms with Crippen LogP contribution in [0.3, 0.4) is 0 Å². The van der Waals surface area contributed by atoms with Gasteiger partial charge in [0.1, 0.15) is 0 Å². The fourth-order valence-electron chi connectivity index (χ4n) is 2.37. The van der Waals surface area contributed by atoms with Crippen molar-refractivity contribution in [3.8, 4) is 0 Å². The Balaban J connectivity index is 1.78. The second kappa shape index (κ2) is 7.79. The molecule has 1 aliphatic heterocycles. The molecule has 0 aliphatic carbocycles. The topological polar surface area (TPSA) is 32.7 Å². The molecule has 0 unspecified atom stereocenters. The van der Waals surface area contributed by atoms with Crippen LogP contribution in [-0.2, 0) is 6.54 Å². The quantitative estimate of drug-likeness (QED) is 0.770. The standard InChI is InChI=1S/C18H17BrN2OS/c19-16-9-7-15(8-10-16)17(22)21-11-4-12-23-18(21)20-13-14-5-2-1-3-6-14/h1-3,5-10H,4,11-13H2. The monoisotopic (exact) mass is 388 g/mol. The summed E-state index contributed by atoms with van der Waals surface area (Å²) in [7, 11) is 0. The molecule has 0 atom stereocenters. The molecule has 1 fully saturated rings. The minimum absolute atomic E-state index is 0.0245. The van der Waals surface area contributed by atoms with Crippen molar-refractivity contribution in [1.29, 1.82) is 0 Å². The number of nitrogens with zero attached hydrogens (tertiary/aromatic N) is 2. The Morgan fingerprint density at radius 2 is 1.87 bits per heavy atom. The van der Waals surface area contributed by atoms with E-state index in [0.29, 0.717) is 12.1 Å². The molecule has 0 N–H and O–H groups in total. The van der Waals surface area contributed by atoms with E-state index in [-0.39, 0.29) is 5.91 Å². The first kappa shape index (κ1) is 16.3. The van der Waals surface area contributed by atoms with Gasteiger partial charge in [0, 0.05) is 22.3 Å². The molecule has 3 nitrogen and oxygen atoms in total. The zero-order chi connectivity index (χ0) is 16.1. The molecular weight excluding hydrogens is 372 g/mol. The lowest BCUT2D eigenvalue weighted by atomic mass is 10.2. The number of thioether (sulfide) groups is 1. The Bertz CT molecular complexity index is 701. The highest BCUT2D eigenvalue weighted by Gasteiger charge is 2.24. The molecule has 0 aromatic heterocycles. The van der Waals surface area contributed by atoms with E-state index in [1.807, 2.05) is 42.5 Å². The van der Waals surface area contributed by atoms with Gasteiger partial charge in [0.05, 0.1) is 6.54 Å². The van der Waals surface area contributed by atoms with Gasteiger partial charge in [-0.2, -0.15) is 0 Å². The van der Waals surface area contributed by atoms with Gasteiger partial charge in [-0.1, -0.05) is 58.0 Å². The lowest BCUT2D eigenvalue weighted by molar-refractivity contribution is 0.0849. The van der Waals surface area contributed by atoms with Crippen LogP contribution in [0, 0.1) is 0 Å². The van der Waals surface area contributed by atoms with E-state index in [9.17, 15) is 4.79 Å². The average molecular weight is 389 g/mol. The van der Waals surface area contributed by atoms with Gasteiger partial charge in [-0.15, -0.1) is 0 Å². The van der Waals surface area contributed by atoms with E-state index in [2.05, 4.69) is 33.1 Å². The van der Waals surface area contributed by atoms with E-state index >= 15 is 0 Å². The van der Waals surface area contributed by atoms with Crippen molar-refractivity contribution in [3.63, 3.8) is 0 Å². The van der Waals surface area contributed by atoms with E-state index < -0.39 is 0 Å². The molecule has 3 rings (SSSR count). The molecule has 0 spiro atoms. The predicted octanol–water partition coefficient (Wildman–Crippen LogP) is 4.58. The summed E-state index contributed by atoms with van der Waals surface area (Å²) in [6.07, 6.45) is 0.997. The maximum absolute atomic E-state index is 12.7. The molecule has 1 amide bonds. The van der Waals surface area contributed by atoms with Gasteiger partial charge < -0.3 is 0 Å². The van der Waals surface area contributed by atoms with E-state index in [1.165, 1.54) is 0 Å². The zero-order valence-electron chi connectivity index (χ0n) is 12.6. The molecule has 0 saturated carbocycles. The third kappa shape index (κ3) is 4.24. The molecule has 2 aromatic carbocycles. The van der Waals surface area contributed by atoms with E-state index in [4.69, 9.17) is 0 Å². The third-order valence-electron chi connectivity index (χ3n) is 3.56. The van der Waals surface area contributed by atoms with Gasteiger partial charge >= 0.3 is 0 Å². The molecular formula is C18H17BrN2OS. The predicted molar refractivity (Wildman–Crippen MR) is 99.8 cm³/mol. The number of hydrogen-bond acceptors (Lipinski definition) is 3. The van der Waals surface area contributed by atoms with Crippen LogP contribution in [-0.4, -0.2) is 28.3 Å². The first-order chi connectivity index (χ1) is 11.2. The number of amides is 1. The first-order valence-corrected chi connectivity index (χ1v) is 9.30. The maximum atomic E-state index is 12.7. The average Bonchev–Trinajstić information content (AvgIpc) is 2.61. The minimum atomic E-state index is 0.0245. The second-order valence-electron chi connectivity index (χ2n) is 5.25. The van der Waals surface area contributed by atoms with Gasteiger partial charge in [0.2, 0.25) is 0 Å². The lowest BCUT2D eigenvalue weighted by Crippen LogP contribution is -2.39. The van der Waals surface area contributed by atoms with Crippen molar-refractivity contribution in [3.05, 3.63) is 70.2 Å². The van der Waals surface area contributed by atoms with Crippen LogP contribution >= 0.6 is 27.7 Å². The van der Waals surface area contributed by atoms with Gasteiger partial charge in [0.15, 0.2) is 5.17 Å². The van der Waals surface area contributed by atoms with Crippen molar-refractivity contribution in [2.75, 3.05) is 12.3 Å². The van der Waals surface area contributed by atoms with Crippen LogP contribution in [0.4, 0.5) is 0 Å². The maximum Gasteiger partial charge on any atom is 0.259 e. The molecule has 1 saturated heterocycles. The molecule has 0 bridgehead atoms. The first-order valence-electron chi connectivity index (χ1n) is 7.52. The smallest absolute Gasteiger partial charge is 0.259 e. The fourth-order valence-corrected chi connectivity index (χ4v) is 3.58. The van der Waals surface area contributed by atoms with Crippen molar-refractivity contribution < 1.29 is 4.79 Å². The fraction of sp³-hybridized carbons (Fsp3) is 0.222. The normalized spacial score (nSPS) is 16.6. The van der Waals surface area contributed by atoms with Crippen molar-refractivity contribution in [1.82, 2.24) is 4.90 Å². The summed E-state index contributed by atoms with van der Waals surface area (Å²) in [6, 6.07) is 17.6. The number of hydrogen-bond donors (Lipinski definition) is 0. The SMILES string of the molecule is O=C(c1ccc(Br)cc1)N1CCCSC1=NCc1ccccc1. The third-order valence-corrected chi connectivity index (χ3v) is 5.19. The Hall–Kier alpha value is -1.59. The Labute approximate surface area is 148 Å². The molecule has 2 aromatic rings. The molecule has 1 aliphatic rings. The molecule has 118 valence electrons. The van der Waals surface area contributed by atoms with E-state index in [0.717, 1.165) is 33.9 Å². The van der Waals surface area contributed by atoms with Crippen molar-refractivity contribution in [2.45, 2.75) is 13.0 Å². The number of halogens is 1. The van der Waals surface area contributed by atoms with Crippen LogP contribution in [0.1, 0.15) is 22.3 Å². The Morgan fingerprint density at radius 1 is 1.13 bits per heavy atom. The van der Waals surface area contributed by atoms with Crippen molar-refractivity contribution >= 4 is 38.8 Å². The highest BCUT2D eigenvalue weighted by atomic mass is 79.9. The van der Waals surface area contributed by atoms with Crippen LogP contribution < -0.4 is 0 Å². The van der Waals surface area contributed by atoms with Crippen LogP contribution in [0.5, 0.6) is 0 Å². The molecule has 23 heavy (non-hydrogen) atoms. The van der Waals surface area contributed by atoms with Gasteiger partial charge in [-0.3, -0.25) is 14.7 Å². The van der Waals surface area contributed by atoms with Gasteiger partial charge in [0.25, 0.3) is 5.91 Å². The number of benzene rings is 2. The summed E-state index contributed by atoms with van der Waals surface area (Å²) < 4.78 is 0.972. The summed E-state index contributed by atoms with van der Waals surface area (Å²) in [4.78, 5) is 19.2.